The lowest BCUT2D eigenvalue weighted by Gasteiger charge is -2.49. The van der Waals surface area contributed by atoms with Crippen molar-refractivity contribution in [3.63, 3.8) is 0 Å². The minimum absolute atomic E-state index is 0. The number of benzene rings is 1. The van der Waals surface area contributed by atoms with Gasteiger partial charge in [0, 0.05) is 26.2 Å². The third-order valence-corrected chi connectivity index (χ3v) is 5.86. The van der Waals surface area contributed by atoms with Crippen LogP contribution in [0.25, 0.3) is 0 Å². The summed E-state index contributed by atoms with van der Waals surface area (Å²) >= 11 is 0. The van der Waals surface area contributed by atoms with Crippen LogP contribution in [0, 0.1) is 5.41 Å². The number of likely N-dealkylation sites (tertiary alicyclic amines) is 2. The van der Waals surface area contributed by atoms with E-state index in [1.165, 1.54) is 0 Å². The van der Waals surface area contributed by atoms with E-state index in [4.69, 9.17) is 0 Å². The lowest BCUT2D eigenvalue weighted by molar-refractivity contribution is -0.144. The average Bonchev–Trinajstić information content (AvgIpc) is 2.65. The quantitative estimate of drug-likeness (QED) is 0.873. The fraction of sp³-hybridized carbons (Fsp3) is 0.600. The fourth-order valence-corrected chi connectivity index (χ4v) is 4.36. The molecule has 2 fully saturated rings. The summed E-state index contributed by atoms with van der Waals surface area (Å²) < 4.78 is 0. The summed E-state index contributed by atoms with van der Waals surface area (Å²) in [4.78, 5) is 29.0. The van der Waals surface area contributed by atoms with Gasteiger partial charge in [0.05, 0.1) is 12.5 Å². The van der Waals surface area contributed by atoms with Crippen LogP contribution in [0.15, 0.2) is 30.3 Å². The Morgan fingerprint density at radius 3 is 2.46 bits per heavy atom. The molecule has 2 saturated heterocycles. The van der Waals surface area contributed by atoms with Crippen molar-refractivity contribution in [2.24, 2.45) is 5.41 Å². The molecule has 0 saturated carbocycles. The summed E-state index contributed by atoms with van der Waals surface area (Å²) in [6.45, 7) is 5.65. The number of amides is 2. The molecule has 2 heterocycles. The van der Waals surface area contributed by atoms with E-state index in [9.17, 15) is 9.59 Å². The van der Waals surface area contributed by atoms with E-state index in [1.54, 1.807) is 7.05 Å². The summed E-state index contributed by atoms with van der Waals surface area (Å²) in [5.41, 5.74) is 1.26. The number of carbonyl (C=O) groups is 2. The van der Waals surface area contributed by atoms with Crippen molar-refractivity contribution in [1.82, 2.24) is 15.1 Å². The smallest absolute Gasteiger partial charge is 0.236 e. The van der Waals surface area contributed by atoms with E-state index >= 15 is 0 Å². The zero-order chi connectivity index (χ0) is 17.9. The summed E-state index contributed by atoms with van der Waals surface area (Å²) in [5, 5.41) is 2.94. The fourth-order valence-electron chi connectivity index (χ4n) is 4.36. The highest BCUT2D eigenvalue weighted by Crippen LogP contribution is 2.45. The maximum absolute atomic E-state index is 12.9. The Morgan fingerprint density at radius 1 is 1.23 bits per heavy atom. The molecule has 2 aliphatic rings. The lowest BCUT2D eigenvalue weighted by Crippen LogP contribution is -2.55. The van der Waals surface area contributed by atoms with Crippen LogP contribution in [-0.4, -0.2) is 61.4 Å². The van der Waals surface area contributed by atoms with E-state index in [2.05, 4.69) is 24.4 Å². The van der Waals surface area contributed by atoms with Gasteiger partial charge in [0.15, 0.2) is 0 Å². The first-order valence-electron chi connectivity index (χ1n) is 9.35. The molecule has 0 radical (unpaired) electrons. The summed E-state index contributed by atoms with van der Waals surface area (Å²) in [6.07, 6.45) is 2.87. The SMILES string of the molecule is CCN1CC2(CCN(C(=O)CNC)CC2)CC(c2ccccc2)C1=O.Cl. The standard InChI is InChI=1S/C20H29N3O2.ClH/c1-3-22-15-20(9-11-23(12-10-20)18(24)14-21-2)13-17(19(22)25)16-7-5-4-6-8-16;/h4-8,17,21H,3,9-15H2,1-2H3;1H. The Kier molecular flexibility index (Phi) is 7.07. The highest BCUT2D eigenvalue weighted by atomic mass is 35.5. The van der Waals surface area contributed by atoms with E-state index in [0.717, 1.165) is 51.0 Å². The van der Waals surface area contributed by atoms with Crippen molar-refractivity contribution in [2.75, 3.05) is 39.8 Å². The summed E-state index contributed by atoms with van der Waals surface area (Å²) in [5.74, 6) is 0.388. The van der Waals surface area contributed by atoms with E-state index in [-0.39, 0.29) is 35.6 Å². The molecule has 0 aliphatic carbocycles. The van der Waals surface area contributed by atoms with E-state index in [0.29, 0.717) is 6.54 Å². The molecule has 1 atom stereocenters. The van der Waals surface area contributed by atoms with Gasteiger partial charge in [0.25, 0.3) is 0 Å². The molecule has 5 nitrogen and oxygen atoms in total. The molecule has 1 aromatic carbocycles. The van der Waals surface area contributed by atoms with Gasteiger partial charge in [-0.15, -0.1) is 12.4 Å². The average molecular weight is 380 g/mol. The Bertz CT molecular complexity index is 615. The molecule has 144 valence electrons. The molecular formula is C20H30ClN3O2. The summed E-state index contributed by atoms with van der Waals surface area (Å²) in [6, 6.07) is 10.2. The molecule has 0 bridgehead atoms. The van der Waals surface area contributed by atoms with Crippen LogP contribution in [0.5, 0.6) is 0 Å². The molecule has 0 aromatic heterocycles. The lowest BCUT2D eigenvalue weighted by atomic mass is 9.67. The van der Waals surface area contributed by atoms with Crippen LogP contribution >= 0.6 is 12.4 Å². The normalized spacial score (nSPS) is 22.2. The maximum atomic E-state index is 12.9. The Labute approximate surface area is 162 Å². The zero-order valence-electron chi connectivity index (χ0n) is 15.7. The van der Waals surface area contributed by atoms with Crippen molar-refractivity contribution in [2.45, 2.75) is 32.1 Å². The van der Waals surface area contributed by atoms with Gasteiger partial charge in [-0.1, -0.05) is 30.3 Å². The van der Waals surface area contributed by atoms with E-state index < -0.39 is 0 Å². The monoisotopic (exact) mass is 379 g/mol. The van der Waals surface area contributed by atoms with Gasteiger partial charge < -0.3 is 15.1 Å². The van der Waals surface area contributed by atoms with Crippen LogP contribution in [0.2, 0.25) is 0 Å². The molecule has 26 heavy (non-hydrogen) atoms. The van der Waals surface area contributed by atoms with Crippen LogP contribution in [0.3, 0.4) is 0 Å². The topological polar surface area (TPSA) is 52.6 Å². The third kappa shape index (κ3) is 4.21. The second-order valence-electron chi connectivity index (χ2n) is 7.43. The van der Waals surface area contributed by atoms with Gasteiger partial charge in [-0.2, -0.15) is 0 Å². The largest absolute Gasteiger partial charge is 0.342 e. The molecule has 6 heteroatoms. The van der Waals surface area contributed by atoms with Crippen molar-refractivity contribution in [3.8, 4) is 0 Å². The molecule has 2 aliphatic heterocycles. The Hall–Kier alpha value is -1.59. The van der Waals surface area contributed by atoms with Crippen molar-refractivity contribution in [3.05, 3.63) is 35.9 Å². The van der Waals surface area contributed by atoms with Gasteiger partial charge >= 0.3 is 0 Å². The molecular weight excluding hydrogens is 350 g/mol. The molecule has 1 N–H and O–H groups in total. The number of rotatable bonds is 4. The number of piperidine rings is 2. The van der Waals surface area contributed by atoms with E-state index in [1.807, 2.05) is 28.0 Å². The van der Waals surface area contributed by atoms with Crippen LogP contribution in [0.1, 0.15) is 37.7 Å². The molecule has 1 unspecified atom stereocenters. The highest BCUT2D eigenvalue weighted by Gasteiger charge is 2.46. The Balaban J connectivity index is 0.00000243. The van der Waals surface area contributed by atoms with Gasteiger partial charge in [-0.3, -0.25) is 9.59 Å². The predicted octanol–water partition coefficient (Wildman–Crippen LogP) is 2.27. The molecule has 1 aromatic rings. The molecule has 3 rings (SSSR count). The minimum Gasteiger partial charge on any atom is -0.342 e. The minimum atomic E-state index is -0.0468. The number of carbonyl (C=O) groups excluding carboxylic acids is 2. The second-order valence-corrected chi connectivity index (χ2v) is 7.43. The van der Waals surface area contributed by atoms with Crippen LogP contribution in [-0.2, 0) is 9.59 Å². The number of likely N-dealkylation sites (N-methyl/N-ethyl adjacent to an activating group) is 2. The number of hydrogen-bond donors (Lipinski definition) is 1. The Morgan fingerprint density at radius 2 is 1.88 bits per heavy atom. The zero-order valence-corrected chi connectivity index (χ0v) is 16.6. The number of nitrogens with zero attached hydrogens (tertiary/aromatic N) is 2. The first-order valence-corrected chi connectivity index (χ1v) is 9.35. The molecule has 1 spiro atoms. The van der Waals surface area contributed by atoms with Crippen LogP contribution in [0.4, 0.5) is 0 Å². The van der Waals surface area contributed by atoms with Crippen molar-refractivity contribution < 1.29 is 9.59 Å². The third-order valence-electron chi connectivity index (χ3n) is 5.86. The number of nitrogens with one attached hydrogen (secondary N) is 1. The molecule has 2 amide bonds. The van der Waals surface area contributed by atoms with Crippen molar-refractivity contribution >= 4 is 24.2 Å². The predicted molar refractivity (Wildman–Crippen MR) is 105 cm³/mol. The first-order chi connectivity index (χ1) is 12.1. The summed E-state index contributed by atoms with van der Waals surface area (Å²) in [7, 11) is 1.81. The van der Waals surface area contributed by atoms with Gasteiger partial charge in [-0.05, 0) is 44.2 Å². The van der Waals surface area contributed by atoms with Crippen molar-refractivity contribution in [1.29, 1.82) is 0 Å². The first kappa shape index (κ1) is 20.7. The number of hydrogen-bond acceptors (Lipinski definition) is 3. The van der Waals surface area contributed by atoms with Gasteiger partial charge in [0.2, 0.25) is 11.8 Å². The highest BCUT2D eigenvalue weighted by molar-refractivity contribution is 5.85. The van der Waals surface area contributed by atoms with Gasteiger partial charge in [0.1, 0.15) is 0 Å². The number of halogens is 1. The second kappa shape index (κ2) is 8.87. The van der Waals surface area contributed by atoms with Crippen LogP contribution < -0.4 is 5.32 Å². The van der Waals surface area contributed by atoms with Gasteiger partial charge in [-0.25, -0.2) is 0 Å². The maximum Gasteiger partial charge on any atom is 0.236 e.